The number of aryl methyl sites for hydroxylation is 1. The van der Waals surface area contributed by atoms with Gasteiger partial charge in [-0.3, -0.25) is 4.79 Å². The zero-order chi connectivity index (χ0) is 20.3. The van der Waals surface area contributed by atoms with E-state index in [-0.39, 0.29) is 5.91 Å². The first kappa shape index (κ1) is 20.2. The van der Waals surface area contributed by atoms with Gasteiger partial charge < -0.3 is 15.0 Å². The van der Waals surface area contributed by atoms with Gasteiger partial charge in [-0.25, -0.2) is 0 Å². The van der Waals surface area contributed by atoms with Crippen molar-refractivity contribution in [3.05, 3.63) is 53.1 Å². The molecule has 0 fully saturated rings. The Morgan fingerprint density at radius 3 is 2.39 bits per heavy atom. The standard InChI is InChI=1S/C24H32N2O2/c1-16(2)20-9-6-10-21(17(3)4)24(20)25-23(27)15-26-13-7-8-18-14-19(28-5)11-12-22(18)26/h6,9-12,14,16-17H,7-8,13,15H2,1-5H3,(H,25,27). The van der Waals surface area contributed by atoms with Gasteiger partial charge in [0.1, 0.15) is 5.75 Å². The first-order chi connectivity index (χ1) is 13.4. The number of anilines is 2. The lowest BCUT2D eigenvalue weighted by Gasteiger charge is -2.31. The highest BCUT2D eigenvalue weighted by molar-refractivity contribution is 5.96. The Balaban J connectivity index is 1.81. The quantitative estimate of drug-likeness (QED) is 0.736. The molecule has 0 unspecified atom stereocenters. The molecule has 4 nitrogen and oxygen atoms in total. The zero-order valence-corrected chi connectivity index (χ0v) is 17.7. The first-order valence-electron chi connectivity index (χ1n) is 10.2. The van der Waals surface area contributed by atoms with Gasteiger partial charge in [-0.1, -0.05) is 45.9 Å². The summed E-state index contributed by atoms with van der Waals surface area (Å²) in [5, 5.41) is 3.24. The molecule has 0 saturated heterocycles. The van der Waals surface area contributed by atoms with E-state index in [9.17, 15) is 4.79 Å². The lowest BCUT2D eigenvalue weighted by molar-refractivity contribution is -0.115. The molecule has 0 aromatic heterocycles. The van der Waals surface area contributed by atoms with Crippen molar-refractivity contribution in [2.45, 2.75) is 52.4 Å². The Kier molecular flexibility index (Phi) is 6.28. The van der Waals surface area contributed by atoms with Crippen molar-refractivity contribution in [3.63, 3.8) is 0 Å². The fraction of sp³-hybridized carbons (Fsp3) is 0.458. The smallest absolute Gasteiger partial charge is 0.243 e. The third-order valence-electron chi connectivity index (χ3n) is 5.47. The van der Waals surface area contributed by atoms with Gasteiger partial charge in [-0.05, 0) is 59.6 Å². The van der Waals surface area contributed by atoms with Crippen LogP contribution in [0.2, 0.25) is 0 Å². The molecule has 28 heavy (non-hydrogen) atoms. The minimum Gasteiger partial charge on any atom is -0.497 e. The van der Waals surface area contributed by atoms with Gasteiger partial charge in [-0.2, -0.15) is 0 Å². The summed E-state index contributed by atoms with van der Waals surface area (Å²) in [7, 11) is 1.69. The molecule has 1 heterocycles. The number of para-hydroxylation sites is 1. The number of hydrogen-bond acceptors (Lipinski definition) is 3. The predicted molar refractivity (Wildman–Crippen MR) is 117 cm³/mol. The third-order valence-corrected chi connectivity index (χ3v) is 5.47. The second kappa shape index (κ2) is 8.68. The molecule has 4 heteroatoms. The average molecular weight is 381 g/mol. The van der Waals surface area contributed by atoms with E-state index >= 15 is 0 Å². The Labute approximate surface area is 168 Å². The summed E-state index contributed by atoms with van der Waals surface area (Å²) in [4.78, 5) is 15.2. The van der Waals surface area contributed by atoms with Gasteiger partial charge in [0.25, 0.3) is 0 Å². The molecular formula is C24H32N2O2. The number of nitrogens with one attached hydrogen (secondary N) is 1. The highest BCUT2D eigenvalue weighted by atomic mass is 16.5. The van der Waals surface area contributed by atoms with E-state index < -0.39 is 0 Å². The number of methoxy groups -OCH3 is 1. The summed E-state index contributed by atoms with van der Waals surface area (Å²) < 4.78 is 5.35. The molecule has 1 amide bonds. The molecule has 2 aromatic rings. The van der Waals surface area contributed by atoms with Crippen LogP contribution in [-0.2, 0) is 11.2 Å². The molecule has 1 aliphatic heterocycles. The maximum Gasteiger partial charge on any atom is 0.243 e. The molecule has 1 aliphatic rings. The first-order valence-corrected chi connectivity index (χ1v) is 10.2. The van der Waals surface area contributed by atoms with Crippen molar-refractivity contribution in [1.29, 1.82) is 0 Å². The van der Waals surface area contributed by atoms with Crippen molar-refractivity contribution in [2.24, 2.45) is 0 Å². The molecule has 3 rings (SSSR count). The number of carbonyl (C=O) groups is 1. The largest absolute Gasteiger partial charge is 0.497 e. The van der Waals surface area contributed by atoms with Crippen LogP contribution in [0.1, 0.15) is 62.6 Å². The lowest BCUT2D eigenvalue weighted by Crippen LogP contribution is -2.37. The number of nitrogens with zero attached hydrogens (tertiary/aromatic N) is 1. The fourth-order valence-corrected chi connectivity index (χ4v) is 3.99. The predicted octanol–water partition coefficient (Wildman–Crippen LogP) is 5.33. The molecule has 0 radical (unpaired) electrons. The van der Waals surface area contributed by atoms with Gasteiger partial charge >= 0.3 is 0 Å². The van der Waals surface area contributed by atoms with E-state index in [4.69, 9.17) is 4.74 Å². The van der Waals surface area contributed by atoms with Crippen LogP contribution < -0.4 is 15.0 Å². The van der Waals surface area contributed by atoms with Gasteiger partial charge in [0, 0.05) is 17.9 Å². The van der Waals surface area contributed by atoms with E-state index in [1.807, 2.05) is 6.07 Å². The van der Waals surface area contributed by atoms with E-state index in [0.717, 1.165) is 36.5 Å². The third kappa shape index (κ3) is 4.32. The number of carbonyl (C=O) groups excluding carboxylic acids is 1. The van der Waals surface area contributed by atoms with Crippen molar-refractivity contribution in [2.75, 3.05) is 30.4 Å². The Morgan fingerprint density at radius 2 is 1.79 bits per heavy atom. The highest BCUT2D eigenvalue weighted by Gasteiger charge is 2.21. The lowest BCUT2D eigenvalue weighted by atomic mass is 9.92. The summed E-state index contributed by atoms with van der Waals surface area (Å²) in [5.74, 6) is 1.63. The summed E-state index contributed by atoms with van der Waals surface area (Å²) in [5.41, 5.74) is 5.78. The van der Waals surface area contributed by atoms with Crippen molar-refractivity contribution >= 4 is 17.3 Å². The number of amides is 1. The number of rotatable bonds is 6. The van der Waals surface area contributed by atoms with Crippen LogP contribution >= 0.6 is 0 Å². The fourth-order valence-electron chi connectivity index (χ4n) is 3.99. The Bertz CT molecular complexity index is 816. The normalized spacial score (nSPS) is 13.6. The highest BCUT2D eigenvalue weighted by Crippen LogP contribution is 2.33. The number of fused-ring (bicyclic) bond motifs is 1. The molecule has 150 valence electrons. The molecular weight excluding hydrogens is 348 g/mol. The maximum atomic E-state index is 13.0. The Morgan fingerprint density at radius 1 is 1.11 bits per heavy atom. The molecule has 0 aliphatic carbocycles. The second-order valence-corrected chi connectivity index (χ2v) is 8.19. The second-order valence-electron chi connectivity index (χ2n) is 8.19. The minimum absolute atomic E-state index is 0.0404. The maximum absolute atomic E-state index is 13.0. The number of benzene rings is 2. The average Bonchev–Trinajstić information content (AvgIpc) is 2.67. The number of ether oxygens (including phenoxy) is 1. The van der Waals surface area contributed by atoms with Crippen LogP contribution in [0.25, 0.3) is 0 Å². The molecule has 1 N–H and O–H groups in total. The summed E-state index contributed by atoms with van der Waals surface area (Å²) >= 11 is 0. The minimum atomic E-state index is 0.0404. The van der Waals surface area contributed by atoms with E-state index in [1.54, 1.807) is 7.11 Å². The van der Waals surface area contributed by atoms with Crippen LogP contribution in [-0.4, -0.2) is 26.1 Å². The van der Waals surface area contributed by atoms with Crippen LogP contribution in [0.4, 0.5) is 11.4 Å². The Hall–Kier alpha value is -2.49. The SMILES string of the molecule is COc1ccc2c(c1)CCCN2CC(=O)Nc1c(C(C)C)cccc1C(C)C. The summed E-state index contributed by atoms with van der Waals surface area (Å²) in [6, 6.07) is 12.5. The van der Waals surface area contributed by atoms with E-state index in [0.29, 0.717) is 18.4 Å². The van der Waals surface area contributed by atoms with Crippen LogP contribution in [0.5, 0.6) is 5.75 Å². The molecule has 0 atom stereocenters. The number of hydrogen-bond donors (Lipinski definition) is 1. The van der Waals surface area contributed by atoms with Crippen molar-refractivity contribution in [1.82, 2.24) is 0 Å². The van der Waals surface area contributed by atoms with Gasteiger partial charge in [0.15, 0.2) is 0 Å². The van der Waals surface area contributed by atoms with E-state index in [2.05, 4.69) is 68.2 Å². The molecule has 0 spiro atoms. The van der Waals surface area contributed by atoms with Crippen molar-refractivity contribution in [3.8, 4) is 5.75 Å². The monoisotopic (exact) mass is 380 g/mol. The summed E-state index contributed by atoms with van der Waals surface area (Å²) in [6.07, 6.45) is 2.08. The zero-order valence-electron chi connectivity index (χ0n) is 17.7. The molecule has 0 bridgehead atoms. The van der Waals surface area contributed by atoms with Gasteiger partial charge in [0.05, 0.1) is 13.7 Å². The molecule has 2 aromatic carbocycles. The van der Waals surface area contributed by atoms with Crippen LogP contribution in [0.3, 0.4) is 0 Å². The van der Waals surface area contributed by atoms with Crippen LogP contribution in [0, 0.1) is 0 Å². The van der Waals surface area contributed by atoms with Gasteiger partial charge in [0.2, 0.25) is 5.91 Å². The topological polar surface area (TPSA) is 41.6 Å². The van der Waals surface area contributed by atoms with E-state index in [1.165, 1.54) is 16.7 Å². The van der Waals surface area contributed by atoms with Crippen molar-refractivity contribution < 1.29 is 9.53 Å². The molecule has 0 saturated carbocycles. The van der Waals surface area contributed by atoms with Crippen LogP contribution in [0.15, 0.2) is 36.4 Å². The van der Waals surface area contributed by atoms with Gasteiger partial charge in [-0.15, -0.1) is 0 Å². The summed E-state index contributed by atoms with van der Waals surface area (Å²) in [6.45, 7) is 9.94.